The highest BCUT2D eigenvalue weighted by Gasteiger charge is 2.43. The van der Waals surface area contributed by atoms with Gasteiger partial charge in [0.2, 0.25) is 5.95 Å². The fourth-order valence-corrected chi connectivity index (χ4v) is 5.82. The van der Waals surface area contributed by atoms with Crippen molar-refractivity contribution in [1.82, 2.24) is 19.6 Å². The fourth-order valence-electron chi connectivity index (χ4n) is 4.85. The van der Waals surface area contributed by atoms with Crippen LogP contribution < -0.4 is 15.4 Å². The van der Waals surface area contributed by atoms with Crippen LogP contribution in [0, 0.1) is 5.41 Å². The summed E-state index contributed by atoms with van der Waals surface area (Å²) in [6.45, 7) is 1.96. The van der Waals surface area contributed by atoms with E-state index in [9.17, 15) is 0 Å². The molecule has 2 aromatic heterocycles. The molecule has 1 saturated heterocycles. The third-order valence-corrected chi connectivity index (χ3v) is 7.65. The number of nitrogens with two attached hydrogens (primary N) is 1. The van der Waals surface area contributed by atoms with Crippen molar-refractivity contribution in [3.05, 3.63) is 36.8 Å². The summed E-state index contributed by atoms with van der Waals surface area (Å²) in [6, 6.07) is 8.33. The molecule has 0 amide bonds. The number of ether oxygens (including phenoxy) is 1. The number of methoxy groups -OCH3 is 1. The second-order valence-corrected chi connectivity index (χ2v) is 9.13. The molecular formula is C21H26N6OS. The van der Waals surface area contributed by atoms with Gasteiger partial charge in [-0.15, -0.1) is 10.2 Å². The van der Waals surface area contributed by atoms with Gasteiger partial charge in [-0.25, -0.2) is 9.38 Å². The Morgan fingerprint density at radius 2 is 2.00 bits per heavy atom. The number of nitrogens with zero attached hydrogens (tertiary/aromatic N) is 5. The first-order valence-corrected chi connectivity index (χ1v) is 11.0. The van der Waals surface area contributed by atoms with Crippen LogP contribution >= 0.6 is 11.8 Å². The summed E-state index contributed by atoms with van der Waals surface area (Å²) >= 11 is 1.60. The van der Waals surface area contributed by atoms with Crippen molar-refractivity contribution in [2.45, 2.75) is 47.9 Å². The zero-order chi connectivity index (χ0) is 19.8. The first-order valence-electron chi connectivity index (χ1n) is 10.2. The Labute approximate surface area is 174 Å². The Balaban J connectivity index is 1.41. The van der Waals surface area contributed by atoms with Gasteiger partial charge in [0.05, 0.1) is 16.9 Å². The lowest BCUT2D eigenvalue weighted by Crippen LogP contribution is -2.47. The van der Waals surface area contributed by atoms with Gasteiger partial charge in [-0.3, -0.25) is 0 Å². The third kappa shape index (κ3) is 3.24. The van der Waals surface area contributed by atoms with Crippen LogP contribution in [0.15, 0.2) is 46.6 Å². The van der Waals surface area contributed by atoms with E-state index in [1.54, 1.807) is 25.2 Å². The van der Waals surface area contributed by atoms with Crippen molar-refractivity contribution in [3.8, 4) is 5.75 Å². The number of anilines is 1. The number of hydrogen-bond acceptors (Lipinski definition) is 7. The SMILES string of the molecule is COc1ccccc1Sc1cnc(N2CCC3(CCC[C@H]3N)CC2)n2cnnc12. The molecule has 1 spiro atoms. The van der Waals surface area contributed by atoms with Gasteiger partial charge >= 0.3 is 0 Å². The van der Waals surface area contributed by atoms with Crippen LogP contribution in [0.5, 0.6) is 5.75 Å². The number of para-hydroxylation sites is 1. The molecule has 29 heavy (non-hydrogen) atoms. The Bertz CT molecular complexity index is 1010. The van der Waals surface area contributed by atoms with Crippen molar-refractivity contribution in [2.24, 2.45) is 11.1 Å². The van der Waals surface area contributed by atoms with Crippen LogP contribution in [0.2, 0.25) is 0 Å². The maximum Gasteiger partial charge on any atom is 0.212 e. The molecule has 3 heterocycles. The Kier molecular flexibility index (Phi) is 4.83. The summed E-state index contributed by atoms with van der Waals surface area (Å²) in [5, 5.41) is 8.54. The summed E-state index contributed by atoms with van der Waals surface area (Å²) in [5.41, 5.74) is 7.61. The zero-order valence-corrected chi connectivity index (χ0v) is 17.4. The minimum Gasteiger partial charge on any atom is -0.496 e. The van der Waals surface area contributed by atoms with Crippen molar-refractivity contribution >= 4 is 23.4 Å². The highest BCUT2D eigenvalue weighted by Crippen LogP contribution is 2.46. The average molecular weight is 411 g/mol. The van der Waals surface area contributed by atoms with Gasteiger partial charge in [0, 0.05) is 25.3 Å². The van der Waals surface area contributed by atoms with E-state index in [0.29, 0.717) is 11.5 Å². The van der Waals surface area contributed by atoms with E-state index in [2.05, 4.69) is 15.1 Å². The van der Waals surface area contributed by atoms with E-state index in [1.165, 1.54) is 19.3 Å². The van der Waals surface area contributed by atoms with Crippen molar-refractivity contribution in [3.63, 3.8) is 0 Å². The molecule has 1 atom stereocenters. The predicted octanol–water partition coefficient (Wildman–Crippen LogP) is 3.38. The van der Waals surface area contributed by atoms with E-state index in [-0.39, 0.29) is 0 Å². The maximum absolute atomic E-state index is 6.45. The molecule has 1 aliphatic heterocycles. The number of rotatable bonds is 4. The summed E-state index contributed by atoms with van der Waals surface area (Å²) in [7, 11) is 1.69. The molecule has 0 unspecified atom stereocenters. The number of aromatic nitrogens is 4. The van der Waals surface area contributed by atoms with Gasteiger partial charge in [-0.2, -0.15) is 0 Å². The van der Waals surface area contributed by atoms with Crippen molar-refractivity contribution < 1.29 is 4.74 Å². The molecule has 1 saturated carbocycles. The highest BCUT2D eigenvalue weighted by molar-refractivity contribution is 7.99. The Morgan fingerprint density at radius 1 is 1.17 bits per heavy atom. The largest absolute Gasteiger partial charge is 0.496 e. The lowest BCUT2D eigenvalue weighted by Gasteiger charge is -2.42. The normalized spacial score (nSPS) is 21.2. The minimum absolute atomic E-state index is 0.336. The number of piperidine rings is 1. The summed E-state index contributed by atoms with van der Waals surface area (Å²) in [6.07, 6.45) is 9.64. The average Bonchev–Trinajstić information content (AvgIpc) is 3.38. The first-order chi connectivity index (χ1) is 14.2. The van der Waals surface area contributed by atoms with Gasteiger partial charge in [-0.1, -0.05) is 30.3 Å². The van der Waals surface area contributed by atoms with Crippen LogP contribution in [0.1, 0.15) is 32.1 Å². The summed E-state index contributed by atoms with van der Waals surface area (Å²) in [5.74, 6) is 1.75. The molecule has 3 aromatic rings. The van der Waals surface area contributed by atoms with Crippen molar-refractivity contribution in [1.29, 1.82) is 0 Å². The monoisotopic (exact) mass is 410 g/mol. The van der Waals surface area contributed by atoms with E-state index < -0.39 is 0 Å². The molecule has 1 aliphatic carbocycles. The standard InChI is InChI=1S/C21H26N6OS/c1-28-15-5-2-3-6-16(15)29-17-13-23-20(27-14-24-25-19(17)27)26-11-9-21(10-12-26)8-4-7-18(21)22/h2-3,5-6,13-14,18H,4,7-12,22H2,1H3/t18-/m1/s1. The molecule has 5 rings (SSSR count). The smallest absolute Gasteiger partial charge is 0.212 e. The number of fused-ring (bicyclic) bond motifs is 1. The van der Waals surface area contributed by atoms with E-state index in [4.69, 9.17) is 15.5 Å². The van der Waals surface area contributed by atoms with Gasteiger partial charge < -0.3 is 15.4 Å². The molecule has 152 valence electrons. The molecule has 0 radical (unpaired) electrons. The van der Waals surface area contributed by atoms with E-state index in [1.807, 2.05) is 34.9 Å². The van der Waals surface area contributed by atoms with Gasteiger partial charge in [0.15, 0.2) is 5.65 Å². The van der Waals surface area contributed by atoms with E-state index >= 15 is 0 Å². The Morgan fingerprint density at radius 3 is 2.76 bits per heavy atom. The topological polar surface area (TPSA) is 81.6 Å². The van der Waals surface area contributed by atoms with Crippen LogP contribution in [0.4, 0.5) is 5.95 Å². The number of hydrogen-bond donors (Lipinski definition) is 1. The van der Waals surface area contributed by atoms with Crippen LogP contribution in [-0.4, -0.2) is 45.8 Å². The molecule has 2 N–H and O–H groups in total. The molecule has 2 fully saturated rings. The van der Waals surface area contributed by atoms with Crippen molar-refractivity contribution in [2.75, 3.05) is 25.1 Å². The fraction of sp³-hybridized carbons (Fsp3) is 0.476. The summed E-state index contributed by atoms with van der Waals surface area (Å²) < 4.78 is 7.49. The lowest BCUT2D eigenvalue weighted by atomic mass is 9.74. The molecular weight excluding hydrogens is 384 g/mol. The second-order valence-electron chi connectivity index (χ2n) is 8.05. The van der Waals surface area contributed by atoms with Crippen LogP contribution in [0.25, 0.3) is 5.65 Å². The first kappa shape index (κ1) is 18.7. The van der Waals surface area contributed by atoms with E-state index in [0.717, 1.165) is 53.1 Å². The van der Waals surface area contributed by atoms with Gasteiger partial charge in [-0.05, 0) is 43.2 Å². The maximum atomic E-state index is 6.45. The number of benzene rings is 1. The Hall–Kier alpha value is -2.32. The molecule has 0 bridgehead atoms. The van der Waals surface area contributed by atoms with Crippen LogP contribution in [-0.2, 0) is 0 Å². The summed E-state index contributed by atoms with van der Waals surface area (Å²) in [4.78, 5) is 9.15. The minimum atomic E-state index is 0.336. The van der Waals surface area contributed by atoms with Gasteiger partial charge in [0.1, 0.15) is 12.1 Å². The van der Waals surface area contributed by atoms with Gasteiger partial charge in [0.25, 0.3) is 0 Å². The lowest BCUT2D eigenvalue weighted by molar-refractivity contribution is 0.197. The molecule has 7 nitrogen and oxygen atoms in total. The zero-order valence-electron chi connectivity index (χ0n) is 16.6. The molecule has 2 aliphatic rings. The second kappa shape index (κ2) is 7.50. The molecule has 1 aromatic carbocycles. The van der Waals surface area contributed by atoms with Crippen LogP contribution in [0.3, 0.4) is 0 Å². The third-order valence-electron chi connectivity index (χ3n) is 6.59. The predicted molar refractivity (Wildman–Crippen MR) is 114 cm³/mol. The quantitative estimate of drug-likeness (QED) is 0.706. The molecule has 8 heteroatoms. The highest BCUT2D eigenvalue weighted by atomic mass is 32.2.